The second-order valence-corrected chi connectivity index (χ2v) is 3.98. The number of alkyl halides is 7. The fraction of sp³-hybridized carbons (Fsp3) is 0.875. The van der Waals surface area contributed by atoms with E-state index < -0.39 is 36.8 Å². The van der Waals surface area contributed by atoms with Crippen molar-refractivity contribution in [2.45, 2.75) is 25.2 Å². The van der Waals surface area contributed by atoms with Gasteiger partial charge in [-0.1, -0.05) is 22.9 Å². The van der Waals surface area contributed by atoms with E-state index in [1.807, 2.05) is 0 Å². The highest BCUT2D eigenvalue weighted by molar-refractivity contribution is 9.09. The monoisotopic (exact) mass is 330 g/mol. The molecule has 0 saturated carbocycles. The maximum absolute atomic E-state index is 12.7. The molecule has 0 aliphatic carbocycles. The Labute approximate surface area is 101 Å². The van der Waals surface area contributed by atoms with Crippen LogP contribution in [0.1, 0.15) is 6.92 Å². The van der Waals surface area contributed by atoms with Gasteiger partial charge in [0.05, 0.1) is 5.92 Å². The minimum atomic E-state index is -5.70. The fourth-order valence-corrected chi connectivity index (χ4v) is 0.950. The molecule has 0 aliphatic rings. The van der Waals surface area contributed by atoms with Gasteiger partial charge in [0, 0.05) is 5.33 Å². The molecule has 17 heavy (non-hydrogen) atoms. The Morgan fingerprint density at radius 3 is 2.12 bits per heavy atom. The molecule has 0 aromatic heterocycles. The number of ether oxygens (including phenoxy) is 1. The maximum atomic E-state index is 12.7. The van der Waals surface area contributed by atoms with Crippen LogP contribution in [0.25, 0.3) is 0 Å². The van der Waals surface area contributed by atoms with Gasteiger partial charge in [-0.3, -0.25) is 4.79 Å². The highest BCUT2D eigenvalue weighted by atomic mass is 79.9. The number of halogens is 7. The van der Waals surface area contributed by atoms with Gasteiger partial charge in [0.2, 0.25) is 0 Å². The molecule has 0 saturated heterocycles. The van der Waals surface area contributed by atoms with Crippen LogP contribution in [0, 0.1) is 5.92 Å². The Morgan fingerprint density at radius 2 is 1.76 bits per heavy atom. The zero-order valence-corrected chi connectivity index (χ0v) is 10.1. The van der Waals surface area contributed by atoms with Crippen molar-refractivity contribution in [2.75, 3.05) is 11.9 Å². The van der Waals surface area contributed by atoms with Gasteiger partial charge >= 0.3 is 18.1 Å². The Kier molecular flexibility index (Phi) is 5.76. The van der Waals surface area contributed by atoms with E-state index in [9.17, 15) is 31.1 Å². The predicted octanol–water partition coefficient (Wildman–Crippen LogP) is 3.10. The van der Waals surface area contributed by atoms with E-state index in [4.69, 9.17) is 0 Å². The Balaban J connectivity index is 4.42. The third-order valence-electron chi connectivity index (χ3n) is 1.70. The molecule has 2 nitrogen and oxygen atoms in total. The van der Waals surface area contributed by atoms with Crippen LogP contribution in [0.2, 0.25) is 0 Å². The standard InChI is InChI=1S/C8H9BrF6O2/c1-4(2-9)5(16)17-3-7(11,12)6(10)8(13,14)15/h4,6H,2-3H2,1H3. The van der Waals surface area contributed by atoms with Crippen LogP contribution in [0.15, 0.2) is 0 Å². The molecule has 0 aromatic rings. The lowest BCUT2D eigenvalue weighted by Crippen LogP contribution is -2.45. The molecule has 0 aromatic carbocycles. The lowest BCUT2D eigenvalue weighted by atomic mass is 10.2. The van der Waals surface area contributed by atoms with Crippen molar-refractivity contribution in [1.29, 1.82) is 0 Å². The van der Waals surface area contributed by atoms with Gasteiger partial charge in [0.25, 0.3) is 6.17 Å². The molecular formula is C8H9BrF6O2. The third kappa shape index (κ3) is 5.13. The first kappa shape index (κ1) is 16.5. The lowest BCUT2D eigenvalue weighted by Gasteiger charge is -2.22. The zero-order chi connectivity index (χ0) is 13.9. The van der Waals surface area contributed by atoms with Gasteiger partial charge in [0.15, 0.2) is 6.61 Å². The molecule has 102 valence electrons. The molecule has 0 heterocycles. The van der Waals surface area contributed by atoms with E-state index in [-0.39, 0.29) is 5.33 Å². The number of rotatable bonds is 5. The lowest BCUT2D eigenvalue weighted by molar-refractivity contribution is -0.254. The van der Waals surface area contributed by atoms with E-state index in [1.54, 1.807) is 0 Å². The molecule has 0 radical (unpaired) electrons. The summed E-state index contributed by atoms with van der Waals surface area (Å²) in [7, 11) is 0. The molecule has 0 bridgehead atoms. The minimum Gasteiger partial charge on any atom is -0.459 e. The van der Waals surface area contributed by atoms with Crippen molar-refractivity contribution in [3.63, 3.8) is 0 Å². The summed E-state index contributed by atoms with van der Waals surface area (Å²) >= 11 is 2.85. The summed E-state index contributed by atoms with van der Waals surface area (Å²) in [6.45, 7) is -0.629. The summed E-state index contributed by atoms with van der Waals surface area (Å²) in [6, 6.07) is 0. The van der Waals surface area contributed by atoms with Crippen molar-refractivity contribution in [1.82, 2.24) is 0 Å². The quantitative estimate of drug-likeness (QED) is 0.440. The molecule has 0 fully saturated rings. The number of hydrogen-bond acceptors (Lipinski definition) is 2. The van der Waals surface area contributed by atoms with Crippen LogP contribution < -0.4 is 0 Å². The summed E-state index contributed by atoms with van der Waals surface area (Å²) in [5.41, 5.74) is 0. The molecule has 2 unspecified atom stereocenters. The van der Waals surface area contributed by atoms with Crippen molar-refractivity contribution in [3.8, 4) is 0 Å². The summed E-state index contributed by atoms with van der Waals surface area (Å²) in [6.07, 6.45) is -10.1. The number of hydrogen-bond donors (Lipinski definition) is 0. The van der Waals surface area contributed by atoms with Crippen LogP contribution in [-0.2, 0) is 9.53 Å². The Morgan fingerprint density at radius 1 is 1.29 bits per heavy atom. The van der Waals surface area contributed by atoms with Crippen molar-refractivity contribution < 1.29 is 35.9 Å². The van der Waals surface area contributed by atoms with Gasteiger partial charge in [-0.15, -0.1) is 0 Å². The van der Waals surface area contributed by atoms with E-state index >= 15 is 0 Å². The Hall–Kier alpha value is -0.470. The van der Waals surface area contributed by atoms with Crippen molar-refractivity contribution >= 4 is 21.9 Å². The molecule has 0 spiro atoms. The zero-order valence-electron chi connectivity index (χ0n) is 8.53. The molecule has 0 N–H and O–H groups in total. The smallest absolute Gasteiger partial charge is 0.425 e. The van der Waals surface area contributed by atoms with E-state index in [0.717, 1.165) is 0 Å². The van der Waals surface area contributed by atoms with Crippen LogP contribution in [0.5, 0.6) is 0 Å². The number of carbonyl (C=O) groups excluding carboxylic acids is 1. The normalized spacial score (nSPS) is 16.5. The third-order valence-corrected chi connectivity index (χ3v) is 2.67. The minimum absolute atomic E-state index is 0.0930. The first-order chi connectivity index (χ1) is 7.52. The van der Waals surface area contributed by atoms with Gasteiger partial charge in [-0.25, -0.2) is 4.39 Å². The summed E-state index contributed by atoms with van der Waals surface area (Å²) < 4.78 is 76.6. The average Bonchev–Trinajstić information content (AvgIpc) is 2.22. The first-order valence-electron chi connectivity index (χ1n) is 4.33. The van der Waals surface area contributed by atoms with E-state index in [1.165, 1.54) is 6.92 Å². The van der Waals surface area contributed by atoms with E-state index in [2.05, 4.69) is 20.7 Å². The van der Waals surface area contributed by atoms with Gasteiger partial charge in [0.1, 0.15) is 0 Å². The number of esters is 1. The summed E-state index contributed by atoms with van der Waals surface area (Å²) in [5, 5.41) is 0.0930. The largest absolute Gasteiger partial charge is 0.459 e. The summed E-state index contributed by atoms with van der Waals surface area (Å²) in [5.74, 6) is -6.73. The molecular weight excluding hydrogens is 322 g/mol. The van der Waals surface area contributed by atoms with Crippen LogP contribution in [-0.4, -0.2) is 36.2 Å². The number of carbonyl (C=O) groups is 1. The van der Waals surface area contributed by atoms with Gasteiger partial charge in [-0.05, 0) is 0 Å². The molecule has 2 atom stereocenters. The first-order valence-corrected chi connectivity index (χ1v) is 5.45. The van der Waals surface area contributed by atoms with Crippen molar-refractivity contribution in [2.24, 2.45) is 5.92 Å². The molecule has 9 heteroatoms. The molecule has 0 aliphatic heterocycles. The highest BCUT2D eigenvalue weighted by Gasteiger charge is 2.57. The molecule has 0 rings (SSSR count). The maximum Gasteiger partial charge on any atom is 0.425 e. The SMILES string of the molecule is CC(CBr)C(=O)OCC(F)(F)C(F)C(F)(F)F. The van der Waals surface area contributed by atoms with Gasteiger partial charge in [-0.2, -0.15) is 22.0 Å². The topological polar surface area (TPSA) is 26.3 Å². The molecule has 0 amide bonds. The Bertz CT molecular complexity index is 267. The summed E-state index contributed by atoms with van der Waals surface area (Å²) in [4.78, 5) is 10.9. The van der Waals surface area contributed by atoms with Crippen molar-refractivity contribution in [3.05, 3.63) is 0 Å². The highest BCUT2D eigenvalue weighted by Crippen LogP contribution is 2.35. The predicted molar refractivity (Wildman–Crippen MR) is 49.8 cm³/mol. The van der Waals surface area contributed by atoms with E-state index in [0.29, 0.717) is 0 Å². The second-order valence-electron chi connectivity index (χ2n) is 3.33. The van der Waals surface area contributed by atoms with Crippen LogP contribution in [0.3, 0.4) is 0 Å². The van der Waals surface area contributed by atoms with Crippen LogP contribution in [0.4, 0.5) is 26.3 Å². The average molecular weight is 331 g/mol. The second kappa shape index (κ2) is 5.92. The van der Waals surface area contributed by atoms with Gasteiger partial charge < -0.3 is 4.74 Å². The van der Waals surface area contributed by atoms with Crippen LogP contribution >= 0.6 is 15.9 Å². The fourth-order valence-electron chi connectivity index (χ4n) is 0.685.